The summed E-state index contributed by atoms with van der Waals surface area (Å²) < 4.78 is 27.3. The van der Waals surface area contributed by atoms with Gasteiger partial charge in [0.25, 0.3) is 0 Å². The third-order valence-electron chi connectivity index (χ3n) is 4.42. The standard InChI is InChI=1S/C22H24ClNO6/c1-4-28-20-10-14(9-16(23)22(20)27-3)12-24-13-17(25)21(26-2)15-5-6-18-19(11-15)30-8-7-29-18/h5-6,9-12,21H,4,7-8,13H2,1-3H3. The molecule has 2 aromatic carbocycles. The summed E-state index contributed by atoms with van der Waals surface area (Å²) in [6.45, 7) is 3.27. The number of ether oxygens (including phenoxy) is 5. The highest BCUT2D eigenvalue weighted by Gasteiger charge is 2.22. The molecule has 0 saturated heterocycles. The lowest BCUT2D eigenvalue weighted by Gasteiger charge is -2.20. The number of halogens is 1. The second-order valence-corrected chi connectivity index (χ2v) is 6.83. The third kappa shape index (κ3) is 5.04. The molecular weight excluding hydrogens is 410 g/mol. The Morgan fingerprint density at radius 3 is 2.67 bits per heavy atom. The van der Waals surface area contributed by atoms with E-state index in [1.54, 1.807) is 36.5 Å². The second kappa shape index (κ2) is 10.3. The summed E-state index contributed by atoms with van der Waals surface area (Å²) >= 11 is 6.25. The summed E-state index contributed by atoms with van der Waals surface area (Å²) in [7, 11) is 3.01. The normalized spacial score (nSPS) is 13.9. The van der Waals surface area contributed by atoms with Crippen LogP contribution in [-0.2, 0) is 9.53 Å². The van der Waals surface area contributed by atoms with E-state index in [0.29, 0.717) is 59.0 Å². The van der Waals surface area contributed by atoms with Crippen LogP contribution in [0.15, 0.2) is 35.3 Å². The van der Waals surface area contributed by atoms with Gasteiger partial charge < -0.3 is 23.7 Å². The average Bonchev–Trinajstić information content (AvgIpc) is 2.74. The molecule has 1 aliphatic rings. The Morgan fingerprint density at radius 2 is 1.97 bits per heavy atom. The van der Waals surface area contributed by atoms with Gasteiger partial charge in [-0.15, -0.1) is 0 Å². The van der Waals surface area contributed by atoms with Gasteiger partial charge in [0, 0.05) is 13.3 Å². The number of rotatable bonds is 9. The van der Waals surface area contributed by atoms with Crippen LogP contribution in [0.25, 0.3) is 0 Å². The zero-order valence-corrected chi connectivity index (χ0v) is 17.9. The molecule has 0 aliphatic carbocycles. The molecule has 0 fully saturated rings. The van der Waals surface area contributed by atoms with Crippen molar-refractivity contribution in [1.29, 1.82) is 0 Å². The van der Waals surface area contributed by atoms with Crippen LogP contribution >= 0.6 is 11.6 Å². The number of methoxy groups -OCH3 is 2. The Balaban J connectivity index is 1.71. The highest BCUT2D eigenvalue weighted by Crippen LogP contribution is 2.36. The van der Waals surface area contributed by atoms with E-state index in [2.05, 4.69) is 4.99 Å². The molecule has 0 bridgehead atoms. The summed E-state index contributed by atoms with van der Waals surface area (Å²) in [5, 5.41) is 0.405. The van der Waals surface area contributed by atoms with Gasteiger partial charge in [-0.25, -0.2) is 0 Å². The number of nitrogens with zero attached hydrogens (tertiary/aromatic N) is 1. The Bertz CT molecular complexity index is 930. The molecule has 0 spiro atoms. The molecule has 7 nitrogen and oxygen atoms in total. The van der Waals surface area contributed by atoms with Gasteiger partial charge in [-0.2, -0.15) is 0 Å². The summed E-state index contributed by atoms with van der Waals surface area (Å²) in [6, 6.07) is 8.80. The number of fused-ring (bicyclic) bond motifs is 1. The lowest BCUT2D eigenvalue weighted by Crippen LogP contribution is -2.19. The molecule has 0 radical (unpaired) electrons. The number of Topliss-reactive ketones (excluding diaryl/α,β-unsaturated/α-hetero) is 1. The molecule has 1 atom stereocenters. The number of ketones is 1. The SMILES string of the molecule is CCOc1cc(C=NCC(=O)C(OC)c2ccc3c(c2)OCCO3)cc(Cl)c1OC. The first kappa shape index (κ1) is 21.9. The number of carbonyl (C=O) groups excluding carboxylic acids is 1. The number of hydrogen-bond acceptors (Lipinski definition) is 7. The Labute approximate surface area is 180 Å². The molecule has 0 amide bonds. The lowest BCUT2D eigenvalue weighted by atomic mass is 10.0. The molecule has 2 aromatic rings. The Kier molecular flexibility index (Phi) is 7.54. The largest absolute Gasteiger partial charge is 0.491 e. The maximum Gasteiger partial charge on any atom is 0.187 e. The molecule has 8 heteroatoms. The third-order valence-corrected chi connectivity index (χ3v) is 4.70. The first-order valence-corrected chi connectivity index (χ1v) is 9.90. The topological polar surface area (TPSA) is 75.6 Å². The van der Waals surface area contributed by atoms with Gasteiger partial charge >= 0.3 is 0 Å². The highest BCUT2D eigenvalue weighted by atomic mass is 35.5. The van der Waals surface area contributed by atoms with Gasteiger partial charge in [-0.05, 0) is 42.3 Å². The minimum atomic E-state index is -0.753. The summed E-state index contributed by atoms with van der Waals surface area (Å²) in [5.41, 5.74) is 1.39. The molecule has 0 N–H and O–H groups in total. The van der Waals surface area contributed by atoms with Crippen molar-refractivity contribution >= 4 is 23.6 Å². The van der Waals surface area contributed by atoms with E-state index in [1.807, 2.05) is 6.92 Å². The van der Waals surface area contributed by atoms with Crippen LogP contribution < -0.4 is 18.9 Å². The van der Waals surface area contributed by atoms with Crippen molar-refractivity contribution in [1.82, 2.24) is 0 Å². The number of aliphatic imine (C=N–C) groups is 1. The summed E-state index contributed by atoms with van der Waals surface area (Å²) in [5.74, 6) is 2.06. The Morgan fingerprint density at radius 1 is 1.20 bits per heavy atom. The number of benzene rings is 2. The van der Waals surface area contributed by atoms with Gasteiger partial charge in [0.15, 0.2) is 28.8 Å². The van der Waals surface area contributed by atoms with Crippen LogP contribution in [0.1, 0.15) is 24.2 Å². The summed E-state index contributed by atoms with van der Waals surface area (Å²) in [6.07, 6.45) is 0.818. The van der Waals surface area contributed by atoms with Crippen molar-refractivity contribution in [2.75, 3.05) is 40.6 Å². The van der Waals surface area contributed by atoms with Crippen LogP contribution in [-0.4, -0.2) is 52.6 Å². The zero-order chi connectivity index (χ0) is 21.5. The first-order valence-electron chi connectivity index (χ1n) is 9.52. The van der Waals surface area contributed by atoms with Crippen molar-refractivity contribution in [3.05, 3.63) is 46.5 Å². The molecule has 160 valence electrons. The van der Waals surface area contributed by atoms with Crippen molar-refractivity contribution in [3.63, 3.8) is 0 Å². The molecule has 30 heavy (non-hydrogen) atoms. The van der Waals surface area contributed by atoms with Crippen molar-refractivity contribution in [2.24, 2.45) is 4.99 Å². The van der Waals surface area contributed by atoms with Crippen LogP contribution in [0.3, 0.4) is 0 Å². The molecule has 1 unspecified atom stereocenters. The quantitative estimate of drug-likeness (QED) is 0.558. The van der Waals surface area contributed by atoms with E-state index in [4.69, 9.17) is 35.3 Å². The molecule has 1 aliphatic heterocycles. The van der Waals surface area contributed by atoms with E-state index in [1.165, 1.54) is 14.2 Å². The van der Waals surface area contributed by atoms with Crippen LogP contribution in [0, 0.1) is 0 Å². The van der Waals surface area contributed by atoms with Crippen LogP contribution in [0.2, 0.25) is 5.02 Å². The maximum atomic E-state index is 12.7. The van der Waals surface area contributed by atoms with Crippen molar-refractivity contribution in [3.8, 4) is 23.0 Å². The van der Waals surface area contributed by atoms with Gasteiger partial charge in [0.2, 0.25) is 0 Å². The van der Waals surface area contributed by atoms with Gasteiger partial charge in [-0.1, -0.05) is 17.7 Å². The second-order valence-electron chi connectivity index (χ2n) is 6.42. The fourth-order valence-corrected chi connectivity index (χ4v) is 3.42. The lowest BCUT2D eigenvalue weighted by molar-refractivity contribution is -0.127. The fraction of sp³-hybridized carbons (Fsp3) is 0.364. The predicted molar refractivity (Wildman–Crippen MR) is 114 cm³/mol. The molecular formula is C22H24ClNO6. The number of hydrogen-bond donors (Lipinski definition) is 0. The number of carbonyl (C=O) groups is 1. The van der Waals surface area contributed by atoms with Crippen LogP contribution in [0.5, 0.6) is 23.0 Å². The van der Waals surface area contributed by atoms with Crippen molar-refractivity contribution < 1.29 is 28.5 Å². The zero-order valence-electron chi connectivity index (χ0n) is 17.1. The van der Waals surface area contributed by atoms with E-state index in [-0.39, 0.29) is 12.3 Å². The van der Waals surface area contributed by atoms with E-state index in [0.717, 1.165) is 0 Å². The van der Waals surface area contributed by atoms with Gasteiger partial charge in [-0.3, -0.25) is 9.79 Å². The van der Waals surface area contributed by atoms with E-state index >= 15 is 0 Å². The maximum absolute atomic E-state index is 12.7. The molecule has 0 saturated carbocycles. The predicted octanol–water partition coefficient (Wildman–Crippen LogP) is 3.89. The minimum absolute atomic E-state index is 0.0550. The van der Waals surface area contributed by atoms with Crippen molar-refractivity contribution in [2.45, 2.75) is 13.0 Å². The smallest absolute Gasteiger partial charge is 0.187 e. The van der Waals surface area contributed by atoms with Crippen LogP contribution in [0.4, 0.5) is 0 Å². The minimum Gasteiger partial charge on any atom is -0.491 e. The van der Waals surface area contributed by atoms with E-state index < -0.39 is 6.10 Å². The van der Waals surface area contributed by atoms with E-state index in [9.17, 15) is 4.79 Å². The fourth-order valence-electron chi connectivity index (χ4n) is 3.12. The molecule has 3 rings (SSSR count). The monoisotopic (exact) mass is 433 g/mol. The average molecular weight is 434 g/mol. The molecule has 0 aromatic heterocycles. The Hall–Kier alpha value is -2.77. The van der Waals surface area contributed by atoms with Gasteiger partial charge in [0.05, 0.1) is 18.7 Å². The highest BCUT2D eigenvalue weighted by molar-refractivity contribution is 6.32. The van der Waals surface area contributed by atoms with Gasteiger partial charge in [0.1, 0.15) is 25.9 Å². The summed E-state index contributed by atoms with van der Waals surface area (Å²) in [4.78, 5) is 16.9. The first-order chi connectivity index (χ1) is 14.6. The molecule has 1 heterocycles.